The molecule has 16 heavy (non-hydrogen) atoms. The predicted molar refractivity (Wildman–Crippen MR) is 55.4 cm³/mol. The highest BCUT2D eigenvalue weighted by Gasteiger charge is 2.56. The smallest absolute Gasteiger partial charge is 0.270 e. The van der Waals surface area contributed by atoms with Crippen LogP contribution in [0.25, 0.3) is 0 Å². The maximum atomic E-state index is 10.7. The second-order valence-electron chi connectivity index (χ2n) is 4.66. The molecule has 1 saturated heterocycles. The van der Waals surface area contributed by atoms with Gasteiger partial charge in [-0.05, 0) is 19.9 Å². The van der Waals surface area contributed by atoms with Gasteiger partial charge in [0.2, 0.25) is 0 Å². The number of ether oxygens (including phenoxy) is 2. The van der Waals surface area contributed by atoms with Crippen LogP contribution in [-0.4, -0.2) is 16.6 Å². The second-order valence-corrected chi connectivity index (χ2v) is 4.66. The van der Waals surface area contributed by atoms with Gasteiger partial charge in [0.25, 0.3) is 5.69 Å². The van der Waals surface area contributed by atoms with Crippen molar-refractivity contribution in [2.45, 2.75) is 31.7 Å². The summed E-state index contributed by atoms with van der Waals surface area (Å²) < 4.78 is 11.3. The Labute approximate surface area is 92.1 Å². The zero-order chi connectivity index (χ0) is 11.5. The Bertz CT molecular complexity index is 483. The Morgan fingerprint density at radius 3 is 2.88 bits per heavy atom. The van der Waals surface area contributed by atoms with Crippen LogP contribution in [-0.2, 0) is 4.74 Å². The number of nitrogens with zero attached hydrogens (tertiary/aromatic N) is 1. The fraction of sp³-hybridized carbons (Fsp3) is 0.455. The Kier molecular flexibility index (Phi) is 1.64. The Morgan fingerprint density at radius 2 is 2.19 bits per heavy atom. The molecular formula is C11H11NO4. The third-order valence-corrected chi connectivity index (χ3v) is 3.06. The molecule has 0 N–H and O–H groups in total. The van der Waals surface area contributed by atoms with Crippen molar-refractivity contribution in [1.82, 2.24) is 0 Å². The minimum atomic E-state index is -0.405. The number of fused-ring (bicyclic) bond motifs is 3. The monoisotopic (exact) mass is 221 g/mol. The highest BCUT2D eigenvalue weighted by Crippen LogP contribution is 2.54. The predicted octanol–water partition coefficient (Wildman–Crippen LogP) is 2.21. The number of nitro benzene ring substituents is 1. The lowest BCUT2D eigenvalue weighted by Crippen LogP contribution is -2.37. The van der Waals surface area contributed by atoms with Crippen molar-refractivity contribution in [3.8, 4) is 5.75 Å². The van der Waals surface area contributed by atoms with Gasteiger partial charge in [0.05, 0.1) is 4.92 Å². The van der Waals surface area contributed by atoms with E-state index in [1.807, 2.05) is 13.8 Å². The lowest BCUT2D eigenvalue weighted by Gasteiger charge is -2.29. The molecule has 2 atom stereocenters. The topological polar surface area (TPSA) is 64.9 Å². The van der Waals surface area contributed by atoms with Gasteiger partial charge in [-0.25, -0.2) is 0 Å². The average molecular weight is 221 g/mol. The standard InChI is InChI=1S/C11H11NO4/c1-11(2)10-9(15-10)7-5-6(12(13)14)3-4-8(7)16-11/h3-5,9-10H,1-2H3/t9?,10-/m0/s1. The SMILES string of the molecule is CC1(C)Oc2ccc([N+](=O)[O-])cc2C2O[C@@H]21. The van der Waals surface area contributed by atoms with Crippen molar-refractivity contribution in [3.63, 3.8) is 0 Å². The molecule has 2 heterocycles. The van der Waals surface area contributed by atoms with Crippen molar-refractivity contribution in [3.05, 3.63) is 33.9 Å². The summed E-state index contributed by atoms with van der Waals surface area (Å²) in [6, 6.07) is 4.64. The molecule has 84 valence electrons. The van der Waals surface area contributed by atoms with E-state index >= 15 is 0 Å². The highest BCUT2D eigenvalue weighted by atomic mass is 16.6. The molecule has 0 aromatic heterocycles. The molecule has 1 aromatic rings. The first-order chi connectivity index (χ1) is 7.49. The molecular weight excluding hydrogens is 210 g/mol. The van der Waals surface area contributed by atoms with E-state index in [-0.39, 0.29) is 23.5 Å². The van der Waals surface area contributed by atoms with E-state index < -0.39 is 4.92 Å². The van der Waals surface area contributed by atoms with Crippen LogP contribution in [0.1, 0.15) is 25.5 Å². The molecule has 0 amide bonds. The van der Waals surface area contributed by atoms with E-state index in [4.69, 9.17) is 9.47 Å². The minimum absolute atomic E-state index is 0.0157. The zero-order valence-corrected chi connectivity index (χ0v) is 8.97. The fourth-order valence-electron chi connectivity index (χ4n) is 2.18. The summed E-state index contributed by atoms with van der Waals surface area (Å²) in [6.45, 7) is 3.92. The van der Waals surface area contributed by atoms with E-state index in [1.165, 1.54) is 12.1 Å². The molecule has 5 heteroatoms. The van der Waals surface area contributed by atoms with Gasteiger partial charge in [0.15, 0.2) is 0 Å². The summed E-state index contributed by atoms with van der Waals surface area (Å²) in [6.07, 6.45) is -0.0272. The normalized spacial score (nSPS) is 28.6. The van der Waals surface area contributed by atoms with Crippen molar-refractivity contribution >= 4 is 5.69 Å². The maximum Gasteiger partial charge on any atom is 0.270 e. The average Bonchev–Trinajstić information content (AvgIpc) is 2.97. The second kappa shape index (κ2) is 2.74. The van der Waals surface area contributed by atoms with Gasteiger partial charge < -0.3 is 9.47 Å². The van der Waals surface area contributed by atoms with E-state index in [0.717, 1.165) is 5.56 Å². The summed E-state index contributed by atoms with van der Waals surface area (Å²) in [7, 11) is 0. The van der Waals surface area contributed by atoms with Gasteiger partial charge in [-0.1, -0.05) is 0 Å². The number of epoxide rings is 1. The molecule has 1 aromatic carbocycles. The molecule has 0 spiro atoms. The molecule has 1 fully saturated rings. The zero-order valence-electron chi connectivity index (χ0n) is 8.97. The molecule has 0 saturated carbocycles. The largest absolute Gasteiger partial charge is 0.485 e. The molecule has 2 aliphatic rings. The van der Waals surface area contributed by atoms with Crippen LogP contribution in [0.3, 0.4) is 0 Å². The van der Waals surface area contributed by atoms with E-state index in [0.29, 0.717) is 5.75 Å². The summed E-state index contributed by atoms with van der Waals surface area (Å²) in [5, 5.41) is 10.7. The molecule has 0 radical (unpaired) electrons. The van der Waals surface area contributed by atoms with Crippen LogP contribution < -0.4 is 4.74 Å². The Morgan fingerprint density at radius 1 is 1.44 bits per heavy atom. The van der Waals surface area contributed by atoms with E-state index in [2.05, 4.69) is 0 Å². The van der Waals surface area contributed by atoms with Gasteiger partial charge in [-0.3, -0.25) is 10.1 Å². The first-order valence-corrected chi connectivity index (χ1v) is 5.12. The van der Waals surface area contributed by atoms with Gasteiger partial charge in [-0.2, -0.15) is 0 Å². The Balaban J connectivity index is 2.06. The van der Waals surface area contributed by atoms with Crippen LogP contribution in [0.2, 0.25) is 0 Å². The van der Waals surface area contributed by atoms with Gasteiger partial charge in [0, 0.05) is 17.7 Å². The molecule has 2 aliphatic heterocycles. The lowest BCUT2D eigenvalue weighted by atomic mass is 9.94. The third-order valence-electron chi connectivity index (χ3n) is 3.06. The number of hydrogen-bond acceptors (Lipinski definition) is 4. The minimum Gasteiger partial charge on any atom is -0.485 e. The summed E-state index contributed by atoms with van der Waals surface area (Å²) >= 11 is 0. The van der Waals surface area contributed by atoms with Crippen LogP contribution in [0.15, 0.2) is 18.2 Å². The first kappa shape index (κ1) is 9.59. The van der Waals surface area contributed by atoms with E-state index in [9.17, 15) is 10.1 Å². The Hall–Kier alpha value is -1.62. The van der Waals surface area contributed by atoms with Crippen molar-refractivity contribution in [1.29, 1.82) is 0 Å². The van der Waals surface area contributed by atoms with Crippen molar-refractivity contribution in [2.24, 2.45) is 0 Å². The molecule has 5 nitrogen and oxygen atoms in total. The summed E-state index contributed by atoms with van der Waals surface area (Å²) in [5.41, 5.74) is 0.517. The van der Waals surface area contributed by atoms with Gasteiger partial charge >= 0.3 is 0 Å². The third kappa shape index (κ3) is 1.21. The number of nitro groups is 1. The van der Waals surface area contributed by atoms with E-state index in [1.54, 1.807) is 6.07 Å². The van der Waals surface area contributed by atoms with Crippen molar-refractivity contribution in [2.75, 3.05) is 0 Å². The van der Waals surface area contributed by atoms with Crippen molar-refractivity contribution < 1.29 is 14.4 Å². The molecule has 1 unspecified atom stereocenters. The van der Waals surface area contributed by atoms with Crippen LogP contribution in [0.5, 0.6) is 5.75 Å². The molecule has 3 rings (SSSR count). The van der Waals surface area contributed by atoms with Crippen LogP contribution >= 0.6 is 0 Å². The fourth-order valence-corrected chi connectivity index (χ4v) is 2.18. The molecule has 0 bridgehead atoms. The summed E-state index contributed by atoms with van der Waals surface area (Å²) in [4.78, 5) is 10.3. The maximum absolute atomic E-state index is 10.7. The van der Waals surface area contributed by atoms with Crippen LogP contribution in [0.4, 0.5) is 5.69 Å². The van der Waals surface area contributed by atoms with Gasteiger partial charge in [-0.15, -0.1) is 0 Å². The number of benzene rings is 1. The highest BCUT2D eigenvalue weighted by molar-refractivity contribution is 5.49. The summed E-state index contributed by atoms with van der Waals surface area (Å²) in [5.74, 6) is 0.689. The quantitative estimate of drug-likeness (QED) is 0.414. The number of non-ortho nitro benzene ring substituents is 1. The lowest BCUT2D eigenvalue weighted by molar-refractivity contribution is -0.385. The first-order valence-electron chi connectivity index (χ1n) is 5.12. The number of hydrogen-bond donors (Lipinski definition) is 0. The molecule has 0 aliphatic carbocycles. The number of rotatable bonds is 1. The van der Waals surface area contributed by atoms with Gasteiger partial charge in [0.1, 0.15) is 23.6 Å². The van der Waals surface area contributed by atoms with Crippen LogP contribution in [0, 0.1) is 10.1 Å².